The Labute approximate surface area is 199 Å². The highest BCUT2D eigenvalue weighted by molar-refractivity contribution is 7.92. The molecule has 35 heavy (non-hydrogen) atoms. The van der Waals surface area contributed by atoms with E-state index in [1.165, 1.54) is 4.90 Å². The van der Waals surface area contributed by atoms with Crippen molar-refractivity contribution in [3.63, 3.8) is 0 Å². The number of hydrogen-bond acceptors (Lipinski definition) is 7. The highest BCUT2D eigenvalue weighted by Gasteiger charge is 2.56. The van der Waals surface area contributed by atoms with Crippen molar-refractivity contribution in [2.45, 2.75) is 41.9 Å². The Morgan fingerprint density at radius 3 is 2.29 bits per heavy atom. The minimum absolute atomic E-state index is 0.0435. The minimum Gasteiger partial charge on any atom is -0.378 e. The fourth-order valence-corrected chi connectivity index (χ4v) is 5.08. The molecule has 0 radical (unpaired) electrons. The smallest absolute Gasteiger partial charge is 0.378 e. The van der Waals surface area contributed by atoms with Gasteiger partial charge in [0.05, 0.1) is 35.9 Å². The van der Waals surface area contributed by atoms with E-state index in [1.807, 2.05) is 0 Å². The monoisotopic (exact) mass is 512 g/mol. The number of pyridine rings is 1. The Hall–Kier alpha value is -3.03. The molecule has 2 aliphatic rings. The maximum Gasteiger partial charge on any atom is 0.501 e. The SMILES string of the molecule is CC1(C)C(=O)N(c2ccc(S(=O)(=O)C(F)(F)F)cc2)C(=O)N1C(c1ccncc1)C1COCCN1. The van der Waals surface area contributed by atoms with Crippen molar-refractivity contribution < 1.29 is 35.9 Å². The van der Waals surface area contributed by atoms with E-state index in [0.717, 1.165) is 29.2 Å². The zero-order valence-electron chi connectivity index (χ0n) is 18.8. The lowest BCUT2D eigenvalue weighted by Gasteiger charge is -2.41. The number of nitrogens with one attached hydrogen (secondary N) is 1. The highest BCUT2D eigenvalue weighted by atomic mass is 32.2. The standard InChI is InChI=1S/C22H23F3N4O5S/c1-21(2)19(30)28(15-3-5-16(6-4-15)35(32,33)22(23,24)25)20(31)29(21)18(14-7-9-26-10-8-14)17-13-34-12-11-27-17/h3-10,17-18,27H,11-13H2,1-2H3. The van der Waals surface area contributed by atoms with Crippen LogP contribution in [0.25, 0.3) is 0 Å². The molecule has 9 nitrogen and oxygen atoms in total. The van der Waals surface area contributed by atoms with Gasteiger partial charge in [-0.3, -0.25) is 9.78 Å². The minimum atomic E-state index is -5.57. The van der Waals surface area contributed by atoms with E-state index in [2.05, 4.69) is 10.3 Å². The Morgan fingerprint density at radius 1 is 1.11 bits per heavy atom. The third kappa shape index (κ3) is 4.28. The Morgan fingerprint density at radius 2 is 1.74 bits per heavy atom. The predicted molar refractivity (Wildman–Crippen MR) is 118 cm³/mol. The molecule has 188 valence electrons. The van der Waals surface area contributed by atoms with E-state index in [4.69, 9.17) is 4.74 Å². The summed E-state index contributed by atoms with van der Waals surface area (Å²) in [5.74, 6) is -0.607. The number of hydrogen-bond donors (Lipinski definition) is 1. The number of sulfone groups is 1. The summed E-state index contributed by atoms with van der Waals surface area (Å²) in [5.41, 5.74) is -6.14. The summed E-state index contributed by atoms with van der Waals surface area (Å²) in [6, 6.07) is 5.27. The van der Waals surface area contributed by atoms with Gasteiger partial charge in [-0.15, -0.1) is 0 Å². The van der Waals surface area contributed by atoms with E-state index in [9.17, 15) is 31.2 Å². The van der Waals surface area contributed by atoms with Gasteiger partial charge >= 0.3 is 11.5 Å². The number of rotatable bonds is 5. The van der Waals surface area contributed by atoms with Gasteiger partial charge in [-0.25, -0.2) is 18.1 Å². The molecule has 0 aliphatic carbocycles. The maximum absolute atomic E-state index is 13.7. The topological polar surface area (TPSA) is 109 Å². The summed E-state index contributed by atoms with van der Waals surface area (Å²) in [5, 5.41) is 3.32. The van der Waals surface area contributed by atoms with Crippen molar-refractivity contribution in [2.24, 2.45) is 0 Å². The van der Waals surface area contributed by atoms with Gasteiger partial charge in [0.25, 0.3) is 15.7 Å². The molecule has 1 aromatic heterocycles. The number of carbonyl (C=O) groups excluding carboxylic acids is 2. The molecule has 0 saturated carbocycles. The Kier molecular flexibility index (Phi) is 6.36. The molecule has 1 aromatic carbocycles. The van der Waals surface area contributed by atoms with Crippen LogP contribution in [-0.4, -0.2) is 67.1 Å². The van der Waals surface area contributed by atoms with Crippen molar-refractivity contribution in [3.8, 4) is 0 Å². The van der Waals surface area contributed by atoms with E-state index < -0.39 is 43.8 Å². The lowest BCUT2D eigenvalue weighted by Crippen LogP contribution is -2.55. The van der Waals surface area contributed by atoms with Crippen molar-refractivity contribution in [1.29, 1.82) is 0 Å². The second kappa shape index (κ2) is 8.88. The van der Waals surface area contributed by atoms with Crippen molar-refractivity contribution >= 4 is 27.5 Å². The van der Waals surface area contributed by atoms with Gasteiger partial charge in [0.2, 0.25) is 0 Å². The number of nitrogens with zero attached hydrogens (tertiary/aromatic N) is 3. The molecule has 2 aromatic rings. The van der Waals surface area contributed by atoms with Crippen LogP contribution in [0.1, 0.15) is 25.5 Å². The third-order valence-corrected chi connectivity index (χ3v) is 7.60. The van der Waals surface area contributed by atoms with E-state index in [-0.39, 0.29) is 18.3 Å². The fourth-order valence-electron chi connectivity index (χ4n) is 4.32. The van der Waals surface area contributed by atoms with Crippen molar-refractivity contribution in [3.05, 3.63) is 54.4 Å². The molecule has 13 heteroatoms. The first-order valence-electron chi connectivity index (χ1n) is 10.7. The lowest BCUT2D eigenvalue weighted by atomic mass is 9.93. The highest BCUT2D eigenvalue weighted by Crippen LogP contribution is 2.41. The van der Waals surface area contributed by atoms with Gasteiger partial charge in [-0.05, 0) is 55.8 Å². The Bertz CT molecular complexity index is 1210. The van der Waals surface area contributed by atoms with Gasteiger partial charge in [0.15, 0.2) is 0 Å². The molecule has 2 unspecified atom stereocenters. The summed E-state index contributed by atoms with van der Waals surface area (Å²) < 4.78 is 67.6. The first kappa shape index (κ1) is 25.1. The number of morpholine rings is 1. The zero-order chi connectivity index (χ0) is 25.6. The molecule has 4 rings (SSSR count). The number of alkyl halides is 3. The number of benzene rings is 1. The predicted octanol–water partition coefficient (Wildman–Crippen LogP) is 2.65. The number of aromatic nitrogens is 1. The van der Waals surface area contributed by atoms with Crippen LogP contribution in [0.5, 0.6) is 0 Å². The van der Waals surface area contributed by atoms with Crippen LogP contribution in [0, 0.1) is 0 Å². The van der Waals surface area contributed by atoms with Crippen LogP contribution in [-0.2, 0) is 19.4 Å². The van der Waals surface area contributed by atoms with Gasteiger partial charge < -0.3 is 15.0 Å². The molecule has 0 bridgehead atoms. The molecule has 1 N–H and O–H groups in total. The van der Waals surface area contributed by atoms with Crippen molar-refractivity contribution in [2.75, 3.05) is 24.7 Å². The van der Waals surface area contributed by atoms with Gasteiger partial charge in [0.1, 0.15) is 5.54 Å². The normalized spacial score (nSPS) is 21.9. The zero-order valence-corrected chi connectivity index (χ0v) is 19.6. The second-order valence-electron chi connectivity index (χ2n) is 8.66. The third-order valence-electron chi connectivity index (χ3n) is 6.09. The largest absolute Gasteiger partial charge is 0.501 e. The van der Waals surface area contributed by atoms with Gasteiger partial charge in [0, 0.05) is 18.9 Å². The average molecular weight is 513 g/mol. The van der Waals surface area contributed by atoms with Gasteiger partial charge in [-0.2, -0.15) is 13.2 Å². The molecular weight excluding hydrogens is 489 g/mol. The first-order valence-corrected chi connectivity index (χ1v) is 12.2. The number of ether oxygens (including phenoxy) is 1. The summed E-state index contributed by atoms with van der Waals surface area (Å²) in [6.07, 6.45) is 3.14. The molecule has 3 heterocycles. The number of urea groups is 1. The van der Waals surface area contributed by atoms with Crippen LogP contribution >= 0.6 is 0 Å². The Balaban J connectivity index is 1.73. The van der Waals surface area contributed by atoms with Crippen LogP contribution in [0.3, 0.4) is 0 Å². The quantitative estimate of drug-likeness (QED) is 0.614. The summed E-state index contributed by atoms with van der Waals surface area (Å²) >= 11 is 0. The van der Waals surface area contributed by atoms with Crippen LogP contribution in [0.4, 0.5) is 23.7 Å². The summed E-state index contributed by atoms with van der Waals surface area (Å²) in [7, 11) is -5.57. The molecule has 2 fully saturated rings. The van der Waals surface area contributed by atoms with E-state index in [0.29, 0.717) is 18.7 Å². The number of amides is 3. The number of carbonyl (C=O) groups is 2. The summed E-state index contributed by atoms with van der Waals surface area (Å²) in [4.78, 5) is 32.4. The number of anilines is 1. The second-order valence-corrected chi connectivity index (χ2v) is 10.6. The molecule has 0 spiro atoms. The molecule has 2 atom stereocenters. The summed E-state index contributed by atoms with van der Waals surface area (Å²) in [6.45, 7) is 4.48. The molecule has 2 saturated heterocycles. The molecule has 3 amide bonds. The number of halogens is 3. The number of imide groups is 1. The molecular formula is C22H23F3N4O5S. The van der Waals surface area contributed by atoms with E-state index >= 15 is 0 Å². The van der Waals surface area contributed by atoms with Crippen LogP contribution in [0.15, 0.2) is 53.7 Å². The van der Waals surface area contributed by atoms with Crippen LogP contribution in [0.2, 0.25) is 0 Å². The molecule has 2 aliphatic heterocycles. The van der Waals surface area contributed by atoms with Crippen molar-refractivity contribution in [1.82, 2.24) is 15.2 Å². The lowest BCUT2D eigenvalue weighted by molar-refractivity contribution is -0.124. The van der Waals surface area contributed by atoms with Crippen LogP contribution < -0.4 is 10.2 Å². The fraction of sp³-hybridized carbons (Fsp3) is 0.409. The van der Waals surface area contributed by atoms with E-state index in [1.54, 1.807) is 38.4 Å². The first-order chi connectivity index (χ1) is 16.4. The maximum atomic E-state index is 13.7. The average Bonchev–Trinajstić information content (AvgIpc) is 2.99. The van der Waals surface area contributed by atoms with Gasteiger partial charge in [-0.1, -0.05) is 0 Å².